The van der Waals surface area contributed by atoms with Gasteiger partial charge in [0.2, 0.25) is 5.95 Å². The molecule has 1 N–H and O–H groups in total. The molecule has 2 aromatic carbocycles. The first kappa shape index (κ1) is 25.0. The van der Waals surface area contributed by atoms with Crippen LogP contribution >= 0.6 is 0 Å². The molecule has 0 bridgehead atoms. The molecule has 1 aliphatic carbocycles. The number of nitrogens with zero attached hydrogens (tertiary/aromatic N) is 4. The number of amides is 1. The van der Waals surface area contributed by atoms with Crippen molar-refractivity contribution in [1.29, 1.82) is 0 Å². The first-order valence-electron chi connectivity index (χ1n) is 13.5. The van der Waals surface area contributed by atoms with Gasteiger partial charge in [0.1, 0.15) is 5.78 Å². The summed E-state index contributed by atoms with van der Waals surface area (Å²) in [5.74, 6) is 0.620. The predicted octanol–water partition coefficient (Wildman–Crippen LogP) is 4.11. The number of fused-ring (bicyclic) bond motifs is 1. The molecule has 2 aromatic heterocycles. The molecule has 1 saturated carbocycles. The molecule has 3 heterocycles. The van der Waals surface area contributed by atoms with Crippen molar-refractivity contribution >= 4 is 28.7 Å². The van der Waals surface area contributed by atoms with Crippen LogP contribution in [-0.4, -0.2) is 45.4 Å². The van der Waals surface area contributed by atoms with Crippen molar-refractivity contribution in [2.75, 3.05) is 18.0 Å². The Labute approximate surface area is 226 Å². The number of nitrogens with one attached hydrogen (secondary N) is 1. The molecule has 1 saturated heterocycles. The second-order valence-corrected chi connectivity index (χ2v) is 10.6. The van der Waals surface area contributed by atoms with Gasteiger partial charge in [-0.1, -0.05) is 30.3 Å². The van der Waals surface area contributed by atoms with Crippen LogP contribution in [0.4, 0.5) is 5.95 Å². The second kappa shape index (κ2) is 9.76. The molecule has 2 fully saturated rings. The van der Waals surface area contributed by atoms with Gasteiger partial charge >= 0.3 is 0 Å². The molecule has 0 unspecified atom stereocenters. The van der Waals surface area contributed by atoms with E-state index in [2.05, 4.69) is 10.2 Å². The number of hydrogen-bond donors (Lipinski definition) is 1. The monoisotopic (exact) mass is 521 g/mol. The van der Waals surface area contributed by atoms with E-state index in [-0.39, 0.29) is 23.3 Å². The van der Waals surface area contributed by atoms with E-state index in [1.807, 2.05) is 37.3 Å². The summed E-state index contributed by atoms with van der Waals surface area (Å²) in [6.07, 6.45) is 3.38. The van der Waals surface area contributed by atoms with Crippen molar-refractivity contribution in [3.63, 3.8) is 0 Å². The van der Waals surface area contributed by atoms with Crippen molar-refractivity contribution < 1.29 is 9.59 Å². The first-order chi connectivity index (χ1) is 18.9. The Morgan fingerprint density at radius 3 is 2.26 bits per heavy atom. The van der Waals surface area contributed by atoms with Crippen LogP contribution < -0.4 is 15.8 Å². The zero-order valence-corrected chi connectivity index (χ0v) is 22.2. The third kappa shape index (κ3) is 4.60. The van der Waals surface area contributed by atoms with Gasteiger partial charge in [-0.2, -0.15) is 4.98 Å². The molecule has 0 atom stereocenters. The van der Waals surface area contributed by atoms with E-state index < -0.39 is 5.41 Å². The van der Waals surface area contributed by atoms with Gasteiger partial charge < -0.3 is 10.2 Å². The molecule has 0 radical (unpaired) electrons. The Morgan fingerprint density at radius 1 is 0.923 bits per heavy atom. The summed E-state index contributed by atoms with van der Waals surface area (Å²) in [5.41, 5.74) is 2.82. The van der Waals surface area contributed by atoms with Crippen LogP contribution in [0.1, 0.15) is 54.2 Å². The maximum absolute atomic E-state index is 13.1. The molecule has 4 aromatic rings. The van der Waals surface area contributed by atoms with Crippen LogP contribution in [0.5, 0.6) is 0 Å². The molecule has 198 valence electrons. The lowest BCUT2D eigenvalue weighted by Crippen LogP contribution is -2.47. The molecule has 39 heavy (non-hydrogen) atoms. The van der Waals surface area contributed by atoms with Gasteiger partial charge in [-0.3, -0.25) is 19.0 Å². The number of hydrogen-bond acceptors (Lipinski definition) is 6. The maximum atomic E-state index is 13.1. The lowest BCUT2D eigenvalue weighted by Gasteiger charge is -2.40. The molecule has 2 aliphatic rings. The standard InChI is InChI=1S/C31H31N5O3/c1-20-26-14-15-27(38)36(25-12-8-22(9-13-25)29(39)33-24-10-11-24)28(26)34-30(32-20)35-18-16-31(17-19-35,21(2)37)23-6-4-3-5-7-23/h3-9,12-15,24H,10-11,16-19H2,1-2H3,(H,33,39). The average molecular weight is 522 g/mol. The summed E-state index contributed by atoms with van der Waals surface area (Å²) < 4.78 is 1.57. The van der Waals surface area contributed by atoms with Crippen molar-refractivity contribution in [3.8, 4) is 5.69 Å². The molecule has 8 nitrogen and oxygen atoms in total. The Kier molecular flexibility index (Phi) is 6.25. The number of carbonyl (C=O) groups excluding carboxylic acids is 2. The number of piperidine rings is 1. The highest BCUT2D eigenvalue weighted by Gasteiger charge is 2.41. The summed E-state index contributed by atoms with van der Waals surface area (Å²) in [6.45, 7) is 4.85. The van der Waals surface area contributed by atoms with Crippen molar-refractivity contribution in [2.45, 2.75) is 51.0 Å². The third-order valence-corrected chi connectivity index (χ3v) is 8.13. The number of rotatable bonds is 6. The lowest BCUT2D eigenvalue weighted by molar-refractivity contribution is -0.123. The van der Waals surface area contributed by atoms with E-state index in [1.165, 1.54) is 6.07 Å². The van der Waals surface area contributed by atoms with E-state index in [1.54, 1.807) is 41.8 Å². The van der Waals surface area contributed by atoms with Gasteiger partial charge in [-0.05, 0) is 75.4 Å². The van der Waals surface area contributed by atoms with E-state index in [0.717, 1.165) is 29.5 Å². The van der Waals surface area contributed by atoms with Gasteiger partial charge in [0, 0.05) is 36.1 Å². The number of Topliss-reactive ketones (excluding diaryl/α,β-unsaturated/α-hetero) is 1. The highest BCUT2D eigenvalue weighted by molar-refractivity contribution is 5.94. The summed E-state index contributed by atoms with van der Waals surface area (Å²) >= 11 is 0. The summed E-state index contributed by atoms with van der Waals surface area (Å²) in [4.78, 5) is 50.1. The fourth-order valence-corrected chi connectivity index (χ4v) is 5.59. The normalized spacial score (nSPS) is 16.7. The van der Waals surface area contributed by atoms with Gasteiger partial charge in [-0.15, -0.1) is 0 Å². The Morgan fingerprint density at radius 2 is 1.62 bits per heavy atom. The van der Waals surface area contributed by atoms with Crippen LogP contribution in [0.3, 0.4) is 0 Å². The maximum Gasteiger partial charge on any atom is 0.256 e. The van der Waals surface area contributed by atoms with Gasteiger partial charge in [0.05, 0.1) is 16.8 Å². The van der Waals surface area contributed by atoms with Crippen molar-refractivity contribution in [3.05, 3.63) is 93.9 Å². The summed E-state index contributed by atoms with van der Waals surface area (Å²) in [7, 11) is 0. The van der Waals surface area contributed by atoms with Crippen LogP contribution in [0.25, 0.3) is 16.7 Å². The lowest BCUT2D eigenvalue weighted by atomic mass is 9.70. The average Bonchev–Trinajstić information content (AvgIpc) is 3.77. The molecule has 1 aliphatic heterocycles. The predicted molar refractivity (Wildman–Crippen MR) is 151 cm³/mol. The number of pyridine rings is 1. The van der Waals surface area contributed by atoms with E-state index in [9.17, 15) is 14.4 Å². The van der Waals surface area contributed by atoms with Crippen molar-refractivity contribution in [2.24, 2.45) is 0 Å². The Bertz CT molecular complexity index is 1620. The van der Waals surface area contributed by atoms with E-state index in [4.69, 9.17) is 9.97 Å². The van der Waals surface area contributed by atoms with Gasteiger partial charge in [0.25, 0.3) is 11.5 Å². The molecular formula is C31H31N5O3. The second-order valence-electron chi connectivity index (χ2n) is 10.6. The minimum atomic E-state index is -0.515. The minimum Gasteiger partial charge on any atom is -0.349 e. The van der Waals surface area contributed by atoms with Crippen LogP contribution in [0.2, 0.25) is 0 Å². The summed E-state index contributed by atoms with van der Waals surface area (Å²) in [6, 6.07) is 20.6. The topological polar surface area (TPSA) is 97.2 Å². The highest BCUT2D eigenvalue weighted by Crippen LogP contribution is 2.37. The van der Waals surface area contributed by atoms with E-state index in [0.29, 0.717) is 48.8 Å². The SMILES string of the molecule is CC(=O)C1(c2ccccc2)CCN(c2nc(C)c3ccc(=O)n(-c4ccc(C(=O)NC5CC5)cc4)c3n2)CC1. The number of anilines is 1. The molecular weight excluding hydrogens is 490 g/mol. The smallest absolute Gasteiger partial charge is 0.256 e. The van der Waals surface area contributed by atoms with Gasteiger partial charge in [-0.25, -0.2) is 4.98 Å². The quantitative estimate of drug-likeness (QED) is 0.410. The fraction of sp³-hybridized carbons (Fsp3) is 0.323. The zero-order valence-electron chi connectivity index (χ0n) is 22.2. The van der Waals surface area contributed by atoms with Crippen molar-refractivity contribution in [1.82, 2.24) is 19.9 Å². The van der Waals surface area contributed by atoms with E-state index >= 15 is 0 Å². The first-order valence-corrected chi connectivity index (χ1v) is 13.5. The van der Waals surface area contributed by atoms with Crippen LogP contribution in [0, 0.1) is 6.92 Å². The number of aryl methyl sites for hydroxylation is 1. The van der Waals surface area contributed by atoms with Gasteiger partial charge in [0.15, 0.2) is 5.65 Å². The Hall–Kier alpha value is -4.33. The Balaban J connectivity index is 1.33. The summed E-state index contributed by atoms with van der Waals surface area (Å²) in [5, 5.41) is 3.78. The number of benzene rings is 2. The number of aromatic nitrogens is 3. The minimum absolute atomic E-state index is 0.1000. The van der Waals surface area contributed by atoms with Crippen LogP contribution in [-0.2, 0) is 10.2 Å². The largest absolute Gasteiger partial charge is 0.349 e. The molecule has 8 heteroatoms. The fourth-order valence-electron chi connectivity index (χ4n) is 5.59. The highest BCUT2D eigenvalue weighted by atomic mass is 16.2. The molecule has 6 rings (SSSR count). The number of carbonyl (C=O) groups is 2. The molecule has 1 amide bonds. The van der Waals surface area contributed by atoms with Crippen LogP contribution in [0.15, 0.2) is 71.5 Å². The third-order valence-electron chi connectivity index (χ3n) is 8.13. The molecule has 0 spiro atoms. The zero-order chi connectivity index (χ0) is 27.1. The number of ketones is 1.